The maximum atomic E-state index is 16.0. The molecule has 4 saturated heterocycles. The van der Waals surface area contributed by atoms with Gasteiger partial charge in [0.1, 0.15) is 66.1 Å². The fourth-order valence-electron chi connectivity index (χ4n) is 13.6. The normalized spacial score (nSPS) is 25.1. The van der Waals surface area contributed by atoms with Crippen molar-refractivity contribution in [3.8, 4) is 22.8 Å². The van der Waals surface area contributed by atoms with Crippen LogP contribution in [0, 0.1) is 37.5 Å². The van der Waals surface area contributed by atoms with Crippen LogP contribution in [0.4, 0.5) is 11.4 Å². The lowest BCUT2D eigenvalue weighted by Crippen LogP contribution is -2.61. The van der Waals surface area contributed by atoms with E-state index in [-0.39, 0.29) is 82.3 Å². The third-order valence-corrected chi connectivity index (χ3v) is 19.2. The Balaban J connectivity index is 1.16. The smallest absolute Gasteiger partial charge is 0.363 e. The molecule has 0 saturated carbocycles. The maximum Gasteiger partial charge on any atom is 0.363 e. The van der Waals surface area contributed by atoms with Crippen LogP contribution in [0.5, 0.6) is 11.5 Å². The van der Waals surface area contributed by atoms with E-state index in [1.165, 1.54) is 80.7 Å². The van der Waals surface area contributed by atoms with Gasteiger partial charge in [0, 0.05) is 52.4 Å². The molecule has 29 heteroatoms. The van der Waals surface area contributed by atoms with Gasteiger partial charge < -0.3 is 74.6 Å². The van der Waals surface area contributed by atoms with E-state index in [4.69, 9.17) is 23.6 Å². The van der Waals surface area contributed by atoms with E-state index >= 15 is 19.2 Å². The van der Waals surface area contributed by atoms with Gasteiger partial charge in [-0.25, -0.2) is 19.4 Å². The summed E-state index contributed by atoms with van der Waals surface area (Å²) >= 11 is 0. The quantitative estimate of drug-likeness (QED) is 0.132. The standard InChI is InChI=1S/C70H90N12O17/c1-32(2)47-66(91)81-28-20-24-42(81)64(89)77(13)30-44(83)79(15)55(34(5)6)69(94)96-38(11)49(62(87)73-47)75-60(85)41-27-26-36(9)57-52(41)72-53-46(54-59(37(10)58(53)98-57)99-68(93)51(71-54)40-22-18-17-19-23-40)61(86)76-50-39(12)97-70(95)56(35(7)8)80(16)45(84)31-78(14)65(90)43-25-21-29-82(43)67(92)48(33(3)4)74-63(50)88/h17-19,22-23,26-27,32-35,38-39,42-43,47-50,55-56,72H,20-21,24-25,28-31H2,1-16H3,(H,73,87)(H,74,88)(H,75,85)(H,76,86)/t38-,39+,42+,43+,47-,48-,49+,50-,55+,56+/m1/s1. The van der Waals surface area contributed by atoms with Gasteiger partial charge in [0.25, 0.3) is 11.8 Å². The Morgan fingerprint density at radius 1 is 0.576 bits per heavy atom. The highest BCUT2D eigenvalue weighted by molar-refractivity contribution is 6.15. The molecule has 9 rings (SSSR count). The molecule has 0 spiro atoms. The minimum atomic E-state index is -1.89. The number of anilines is 2. The van der Waals surface area contributed by atoms with Crippen molar-refractivity contribution >= 4 is 93.5 Å². The van der Waals surface area contributed by atoms with Crippen LogP contribution in [0.1, 0.15) is 127 Å². The van der Waals surface area contributed by atoms with E-state index in [9.17, 15) is 43.2 Å². The average molecular weight is 1370 g/mol. The number of carbonyl (C=O) groups is 12. The van der Waals surface area contributed by atoms with E-state index in [0.29, 0.717) is 18.4 Å². The molecular formula is C70H90N12O17. The first-order valence-electron chi connectivity index (χ1n) is 33.6. The third kappa shape index (κ3) is 14.6. The molecule has 29 nitrogen and oxygen atoms in total. The number of cyclic esters (lactones) is 2. The van der Waals surface area contributed by atoms with Crippen molar-refractivity contribution in [1.82, 2.24) is 55.7 Å². The Bertz CT molecular complexity index is 3980. The number of hydrogen-bond acceptors (Lipinski definition) is 19. The first-order valence-corrected chi connectivity index (χ1v) is 33.6. The summed E-state index contributed by atoms with van der Waals surface area (Å²) < 4.78 is 24.9. The molecule has 1 aromatic heterocycles. The van der Waals surface area contributed by atoms with Gasteiger partial charge in [-0.3, -0.25) is 47.9 Å². The Labute approximate surface area is 573 Å². The summed E-state index contributed by atoms with van der Waals surface area (Å²) in [6.45, 7) is 18.7. The van der Waals surface area contributed by atoms with Gasteiger partial charge in [-0.05, 0) is 88.7 Å². The van der Waals surface area contributed by atoms with Crippen LogP contribution in [-0.2, 0) is 57.4 Å². The minimum Gasteiger partial charge on any atom is -0.458 e. The number of nitrogens with one attached hydrogen (secondary N) is 5. The Morgan fingerprint density at radius 2 is 1.04 bits per heavy atom. The summed E-state index contributed by atoms with van der Waals surface area (Å²) in [6.07, 6.45) is -1.69. The summed E-state index contributed by atoms with van der Waals surface area (Å²) in [5.41, 5.74) is -1.89. The van der Waals surface area contributed by atoms with Crippen molar-refractivity contribution in [3.05, 3.63) is 75.1 Å². The number of rotatable bonds is 9. The highest BCUT2D eigenvalue weighted by Crippen LogP contribution is 2.51. The number of hydrogen-bond donors (Lipinski definition) is 5. The first-order chi connectivity index (χ1) is 46.6. The third-order valence-electron chi connectivity index (χ3n) is 19.2. The zero-order valence-electron chi connectivity index (χ0n) is 58.9. The van der Waals surface area contributed by atoms with E-state index in [2.05, 4.69) is 26.6 Å². The summed E-state index contributed by atoms with van der Waals surface area (Å²) in [5.74, 6) is -12.1. The first kappa shape index (κ1) is 73.3. The van der Waals surface area contributed by atoms with Crippen molar-refractivity contribution in [3.63, 3.8) is 0 Å². The van der Waals surface area contributed by atoms with Crippen LogP contribution in [0.15, 0.2) is 51.7 Å². The van der Waals surface area contributed by atoms with Gasteiger partial charge in [-0.1, -0.05) is 91.8 Å². The molecule has 0 radical (unpaired) electrons. The molecule has 0 unspecified atom stereocenters. The zero-order valence-corrected chi connectivity index (χ0v) is 58.9. The molecule has 5 aliphatic heterocycles. The second-order valence-corrected chi connectivity index (χ2v) is 27.8. The lowest BCUT2D eigenvalue weighted by atomic mass is 9.98. The van der Waals surface area contributed by atoms with Crippen molar-refractivity contribution in [2.24, 2.45) is 23.7 Å². The van der Waals surface area contributed by atoms with Crippen LogP contribution < -0.4 is 36.9 Å². The molecule has 10 atom stereocenters. The summed E-state index contributed by atoms with van der Waals surface area (Å²) in [7, 11) is 5.62. The van der Waals surface area contributed by atoms with Crippen molar-refractivity contribution < 1.29 is 76.2 Å². The zero-order chi connectivity index (χ0) is 72.7. The molecule has 4 fully saturated rings. The van der Waals surface area contributed by atoms with Crippen LogP contribution >= 0.6 is 0 Å². The predicted octanol–water partition coefficient (Wildman–Crippen LogP) is 3.55. The molecule has 0 aliphatic carbocycles. The number of esters is 2. The average Bonchev–Trinajstić information content (AvgIpc) is 1.38. The minimum absolute atomic E-state index is 0.000942. The number of benzene rings is 3. The molecule has 5 N–H and O–H groups in total. The summed E-state index contributed by atoms with van der Waals surface area (Å²) in [5, 5.41) is 14.3. The topological polar surface area (TPSA) is 355 Å². The van der Waals surface area contributed by atoms with Crippen LogP contribution in [0.3, 0.4) is 0 Å². The number of carbonyl (C=O) groups excluding carboxylic acids is 12. The van der Waals surface area contributed by atoms with Gasteiger partial charge in [-0.15, -0.1) is 0 Å². The molecule has 532 valence electrons. The molecule has 0 bridgehead atoms. The number of fused-ring (bicyclic) bond motifs is 5. The summed E-state index contributed by atoms with van der Waals surface area (Å²) in [4.78, 5) is 203. The van der Waals surface area contributed by atoms with Crippen molar-refractivity contribution in [1.29, 1.82) is 0 Å². The fraction of sp³-hybridized carbons (Fsp3) is 0.543. The highest BCUT2D eigenvalue weighted by atomic mass is 16.6. The monoisotopic (exact) mass is 1370 g/mol. The molecular weight excluding hydrogens is 1280 g/mol. The van der Waals surface area contributed by atoms with Crippen molar-refractivity contribution in [2.75, 3.05) is 59.7 Å². The SMILES string of the molecule is Cc1ccc(C(=O)N[C@@H]2C(=O)N[C@H](C(C)C)C(=O)N3CCC[C@H]3C(=O)N(C)CC(=O)N(C)[C@@H](C(C)C)C(=O)O[C@@H]2C)c2c1Oc1c(c(C(=O)N[C@H]3C(=O)N[C@H](C(C)C)C(=O)N4CCC[C@H]4C(=O)N(C)CC(=O)N(C)[C@@H](C(C)C)C(=O)O[C@H]3C)c3nc(-c4ccccc4)c(=O)oc3c1C)N2. The number of likely N-dealkylation sites (N-methyl/N-ethyl adjacent to an activating group) is 4. The molecule has 99 heavy (non-hydrogen) atoms. The van der Waals surface area contributed by atoms with Crippen LogP contribution in [0.25, 0.3) is 22.4 Å². The highest BCUT2D eigenvalue weighted by Gasteiger charge is 2.47. The Hall–Kier alpha value is -9.96. The number of amides is 10. The number of ether oxygens (including phenoxy) is 3. The van der Waals surface area contributed by atoms with Gasteiger partial charge >= 0.3 is 17.6 Å². The number of aryl methyl sites for hydroxylation is 2. The van der Waals surface area contributed by atoms with E-state index in [1.54, 1.807) is 92.6 Å². The number of aromatic nitrogens is 1. The fourth-order valence-corrected chi connectivity index (χ4v) is 13.6. The lowest BCUT2D eigenvalue weighted by molar-refractivity contribution is -0.163. The van der Waals surface area contributed by atoms with Gasteiger partial charge in [0.15, 0.2) is 22.8 Å². The lowest BCUT2D eigenvalue weighted by Gasteiger charge is -2.36. The van der Waals surface area contributed by atoms with E-state index in [0.717, 1.165) is 9.80 Å². The van der Waals surface area contributed by atoms with Gasteiger partial charge in [-0.2, -0.15) is 0 Å². The van der Waals surface area contributed by atoms with E-state index < -0.39 is 180 Å². The molecule has 10 amide bonds. The van der Waals surface area contributed by atoms with Gasteiger partial charge in [0.05, 0.1) is 35.6 Å². The molecule has 4 aromatic rings. The predicted molar refractivity (Wildman–Crippen MR) is 360 cm³/mol. The molecule has 6 heterocycles. The maximum absolute atomic E-state index is 16.0. The Morgan fingerprint density at radius 3 is 1.49 bits per heavy atom. The van der Waals surface area contributed by atoms with Crippen LogP contribution in [-0.4, -0.2) is 220 Å². The second kappa shape index (κ2) is 29.6. The molecule has 5 aliphatic rings. The van der Waals surface area contributed by atoms with Crippen LogP contribution in [0.2, 0.25) is 0 Å². The Kier molecular flexibility index (Phi) is 21.9. The van der Waals surface area contributed by atoms with Gasteiger partial charge in [0.2, 0.25) is 47.3 Å². The van der Waals surface area contributed by atoms with Crippen molar-refractivity contribution in [2.45, 2.75) is 169 Å². The van der Waals surface area contributed by atoms with E-state index in [1.807, 2.05) is 0 Å². The number of nitrogens with zero attached hydrogens (tertiary/aromatic N) is 7. The largest absolute Gasteiger partial charge is 0.458 e. The molecule has 3 aromatic carbocycles. The second-order valence-electron chi connectivity index (χ2n) is 27.8. The summed E-state index contributed by atoms with van der Waals surface area (Å²) in [6, 6.07) is 0.298.